The minimum absolute atomic E-state index is 0.322. The first-order chi connectivity index (χ1) is 7.11. The molecule has 2 rings (SSSR count). The number of aryl methyl sites for hydroxylation is 1. The number of nitrogen functional groups attached to an aromatic ring is 1. The third kappa shape index (κ3) is 1.52. The van der Waals surface area contributed by atoms with E-state index in [4.69, 9.17) is 10.2 Å². The molecule has 0 fully saturated rings. The van der Waals surface area contributed by atoms with Gasteiger partial charge in [0.15, 0.2) is 5.76 Å². The summed E-state index contributed by atoms with van der Waals surface area (Å²) in [7, 11) is 0. The van der Waals surface area contributed by atoms with Crippen LogP contribution in [0, 0.1) is 6.92 Å². The molecule has 0 aliphatic rings. The lowest BCUT2D eigenvalue weighted by atomic mass is 10.0. The fraction of sp³-hybridized carbons (Fsp3) is 0.364. The van der Waals surface area contributed by atoms with E-state index in [2.05, 4.69) is 24.0 Å². The molecule has 0 saturated heterocycles. The van der Waals surface area contributed by atoms with Crippen LogP contribution in [0.3, 0.4) is 0 Å². The molecule has 0 saturated carbocycles. The summed E-state index contributed by atoms with van der Waals surface area (Å²) >= 11 is 0. The van der Waals surface area contributed by atoms with Gasteiger partial charge in [-0.3, -0.25) is 5.10 Å². The Hall–Kier alpha value is -1.71. The Morgan fingerprint density at radius 3 is 2.73 bits per heavy atom. The average molecular weight is 205 g/mol. The lowest BCUT2D eigenvalue weighted by molar-refractivity contribution is 0.577. The molecule has 0 aliphatic heterocycles. The molecule has 0 amide bonds. The smallest absolute Gasteiger partial charge is 0.154 e. The first kappa shape index (κ1) is 9.83. The second-order valence-electron chi connectivity index (χ2n) is 3.98. The minimum atomic E-state index is 0.322. The summed E-state index contributed by atoms with van der Waals surface area (Å²) in [6.45, 7) is 6.17. The van der Waals surface area contributed by atoms with Crippen LogP contribution in [-0.4, -0.2) is 10.2 Å². The highest BCUT2D eigenvalue weighted by atomic mass is 16.3. The summed E-state index contributed by atoms with van der Waals surface area (Å²) in [4.78, 5) is 0. The molecule has 3 N–H and O–H groups in total. The number of H-pyrrole nitrogens is 1. The van der Waals surface area contributed by atoms with Gasteiger partial charge in [-0.15, -0.1) is 0 Å². The van der Waals surface area contributed by atoms with Crippen molar-refractivity contribution in [3.8, 4) is 11.5 Å². The van der Waals surface area contributed by atoms with Crippen LogP contribution >= 0.6 is 0 Å². The van der Waals surface area contributed by atoms with Gasteiger partial charge in [-0.2, -0.15) is 5.10 Å². The normalized spacial score (nSPS) is 11.2. The fourth-order valence-corrected chi connectivity index (χ4v) is 1.75. The van der Waals surface area contributed by atoms with Crippen molar-refractivity contribution in [1.82, 2.24) is 10.2 Å². The van der Waals surface area contributed by atoms with Gasteiger partial charge in [0.1, 0.15) is 11.5 Å². The van der Waals surface area contributed by atoms with Crippen LogP contribution in [0.25, 0.3) is 11.5 Å². The van der Waals surface area contributed by atoms with Crippen molar-refractivity contribution in [2.45, 2.75) is 26.7 Å². The zero-order valence-corrected chi connectivity index (χ0v) is 9.16. The van der Waals surface area contributed by atoms with Gasteiger partial charge >= 0.3 is 0 Å². The molecule has 0 atom stereocenters. The quantitative estimate of drug-likeness (QED) is 0.792. The number of rotatable bonds is 2. The Bertz CT molecular complexity index is 468. The van der Waals surface area contributed by atoms with Crippen LogP contribution in [-0.2, 0) is 0 Å². The van der Waals surface area contributed by atoms with Crippen LogP contribution in [0.2, 0.25) is 0 Å². The molecule has 2 aromatic rings. The van der Waals surface area contributed by atoms with Crippen LogP contribution in [0.1, 0.15) is 30.9 Å². The van der Waals surface area contributed by atoms with E-state index in [0.29, 0.717) is 11.7 Å². The highest BCUT2D eigenvalue weighted by Gasteiger charge is 2.18. The van der Waals surface area contributed by atoms with Gasteiger partial charge in [-0.1, -0.05) is 13.8 Å². The fourth-order valence-electron chi connectivity index (χ4n) is 1.75. The van der Waals surface area contributed by atoms with Crippen molar-refractivity contribution in [2.24, 2.45) is 0 Å². The summed E-state index contributed by atoms with van der Waals surface area (Å²) in [6, 6.07) is 1.93. The maximum absolute atomic E-state index is 5.81. The number of furan rings is 1. The Labute approximate surface area is 88.5 Å². The Morgan fingerprint density at radius 2 is 2.20 bits per heavy atom. The summed E-state index contributed by atoms with van der Waals surface area (Å²) < 4.78 is 5.43. The van der Waals surface area contributed by atoms with E-state index in [0.717, 1.165) is 22.6 Å². The van der Waals surface area contributed by atoms with E-state index in [1.165, 1.54) is 0 Å². The lowest BCUT2D eigenvalue weighted by Gasteiger charge is -2.05. The molecule has 4 nitrogen and oxygen atoms in total. The number of nitrogens with zero attached hydrogens (tertiary/aromatic N) is 1. The van der Waals surface area contributed by atoms with Gasteiger partial charge < -0.3 is 10.2 Å². The largest absolute Gasteiger partial charge is 0.462 e. The summed E-state index contributed by atoms with van der Waals surface area (Å²) in [5, 5.41) is 6.96. The lowest BCUT2D eigenvalue weighted by Crippen LogP contribution is -1.95. The third-order valence-corrected chi connectivity index (χ3v) is 2.50. The molecule has 2 heterocycles. The van der Waals surface area contributed by atoms with Gasteiger partial charge in [0, 0.05) is 5.56 Å². The molecule has 0 aliphatic carbocycles. The average Bonchev–Trinajstić information content (AvgIpc) is 2.71. The molecule has 0 radical (unpaired) electrons. The van der Waals surface area contributed by atoms with Crippen LogP contribution in [0.5, 0.6) is 0 Å². The summed E-state index contributed by atoms with van der Waals surface area (Å²) in [6.07, 6.45) is 1.67. The number of aromatic amines is 1. The van der Waals surface area contributed by atoms with E-state index in [9.17, 15) is 0 Å². The molecule has 4 heteroatoms. The van der Waals surface area contributed by atoms with Gasteiger partial charge in [-0.05, 0) is 24.5 Å². The minimum Gasteiger partial charge on any atom is -0.462 e. The van der Waals surface area contributed by atoms with Crippen LogP contribution < -0.4 is 5.73 Å². The third-order valence-electron chi connectivity index (χ3n) is 2.50. The van der Waals surface area contributed by atoms with Crippen molar-refractivity contribution >= 4 is 5.82 Å². The van der Waals surface area contributed by atoms with Crippen molar-refractivity contribution in [3.05, 3.63) is 23.5 Å². The summed E-state index contributed by atoms with van der Waals surface area (Å²) in [5.41, 5.74) is 8.81. The number of nitrogens with two attached hydrogens (primary N) is 1. The van der Waals surface area contributed by atoms with Crippen LogP contribution in [0.4, 0.5) is 5.82 Å². The molecular weight excluding hydrogens is 190 g/mol. The van der Waals surface area contributed by atoms with Gasteiger partial charge in [-0.25, -0.2) is 0 Å². The molecule has 0 bridgehead atoms. The van der Waals surface area contributed by atoms with Gasteiger partial charge in [0.25, 0.3) is 0 Å². The van der Waals surface area contributed by atoms with Gasteiger partial charge in [0.05, 0.1) is 6.26 Å². The maximum atomic E-state index is 5.81. The number of nitrogens with one attached hydrogen (secondary N) is 1. The van der Waals surface area contributed by atoms with E-state index in [1.54, 1.807) is 6.26 Å². The monoisotopic (exact) mass is 205 g/mol. The van der Waals surface area contributed by atoms with Crippen molar-refractivity contribution in [1.29, 1.82) is 0 Å². The standard InChI is InChI=1S/C11H15N3O/c1-6(2)8-9(13-14-11(8)12)10-7(3)4-5-15-10/h4-6H,1-3H3,(H3,12,13,14). The Kier molecular flexibility index (Phi) is 2.26. The van der Waals surface area contributed by atoms with Gasteiger partial charge in [0.2, 0.25) is 0 Å². The maximum Gasteiger partial charge on any atom is 0.154 e. The van der Waals surface area contributed by atoms with Crippen molar-refractivity contribution in [2.75, 3.05) is 5.73 Å². The molecule has 0 aromatic carbocycles. The molecular formula is C11H15N3O. The van der Waals surface area contributed by atoms with Crippen molar-refractivity contribution in [3.63, 3.8) is 0 Å². The topological polar surface area (TPSA) is 67.8 Å². The summed E-state index contributed by atoms with van der Waals surface area (Å²) in [5.74, 6) is 1.70. The zero-order chi connectivity index (χ0) is 11.0. The molecule has 0 spiro atoms. The highest BCUT2D eigenvalue weighted by Crippen LogP contribution is 2.33. The second-order valence-corrected chi connectivity index (χ2v) is 3.98. The molecule has 80 valence electrons. The number of hydrogen-bond acceptors (Lipinski definition) is 3. The number of anilines is 1. The highest BCUT2D eigenvalue weighted by molar-refractivity contribution is 5.67. The number of hydrogen-bond donors (Lipinski definition) is 2. The number of aromatic nitrogens is 2. The van der Waals surface area contributed by atoms with Crippen LogP contribution in [0.15, 0.2) is 16.7 Å². The molecule has 15 heavy (non-hydrogen) atoms. The van der Waals surface area contributed by atoms with E-state index in [1.807, 2.05) is 13.0 Å². The predicted molar refractivity (Wildman–Crippen MR) is 59.5 cm³/mol. The van der Waals surface area contributed by atoms with E-state index < -0.39 is 0 Å². The predicted octanol–water partition coefficient (Wildman–Crippen LogP) is 2.68. The second kappa shape index (κ2) is 3.46. The molecule has 2 aromatic heterocycles. The SMILES string of the molecule is Cc1ccoc1-c1[nH]nc(N)c1C(C)C. The van der Waals surface area contributed by atoms with E-state index in [-0.39, 0.29) is 0 Å². The van der Waals surface area contributed by atoms with E-state index >= 15 is 0 Å². The molecule has 0 unspecified atom stereocenters. The Morgan fingerprint density at radius 1 is 1.47 bits per heavy atom. The van der Waals surface area contributed by atoms with Crippen molar-refractivity contribution < 1.29 is 4.42 Å². The Balaban J connectivity index is 2.59. The first-order valence-corrected chi connectivity index (χ1v) is 4.99. The zero-order valence-electron chi connectivity index (χ0n) is 9.16. The first-order valence-electron chi connectivity index (χ1n) is 4.99.